The van der Waals surface area contributed by atoms with Crippen molar-refractivity contribution in [3.63, 3.8) is 0 Å². The second-order valence-electron chi connectivity index (χ2n) is 5.19. The lowest BCUT2D eigenvalue weighted by Crippen LogP contribution is -2.10. The number of hydrogen-bond donors (Lipinski definition) is 1. The van der Waals surface area contributed by atoms with Gasteiger partial charge in [-0.25, -0.2) is 0 Å². The van der Waals surface area contributed by atoms with E-state index in [1.807, 2.05) is 49.4 Å². The topological polar surface area (TPSA) is 44.5 Å². The fourth-order valence-corrected chi connectivity index (χ4v) is 2.10. The molecule has 2 rings (SSSR count). The Morgan fingerprint density at radius 2 is 1.71 bits per heavy atom. The Morgan fingerprint density at radius 3 is 2.43 bits per heavy atom. The van der Waals surface area contributed by atoms with Crippen molar-refractivity contribution < 1.29 is 9.47 Å². The van der Waals surface area contributed by atoms with Crippen LogP contribution in [0.25, 0.3) is 0 Å². The first kappa shape index (κ1) is 15.4. The van der Waals surface area contributed by atoms with Gasteiger partial charge in [0.25, 0.3) is 0 Å². The van der Waals surface area contributed by atoms with E-state index in [-0.39, 0.29) is 6.04 Å². The highest BCUT2D eigenvalue weighted by atomic mass is 16.5. The highest BCUT2D eigenvalue weighted by Crippen LogP contribution is 2.25. The van der Waals surface area contributed by atoms with Crippen LogP contribution in [0.5, 0.6) is 11.5 Å². The average molecular weight is 285 g/mol. The largest absolute Gasteiger partial charge is 0.493 e. The number of nitrogens with two attached hydrogens (primary N) is 1. The van der Waals surface area contributed by atoms with E-state index < -0.39 is 0 Å². The third-order valence-corrected chi connectivity index (χ3v) is 3.21. The van der Waals surface area contributed by atoms with Gasteiger partial charge < -0.3 is 15.2 Å². The van der Waals surface area contributed by atoms with Crippen molar-refractivity contribution in [3.05, 3.63) is 59.7 Å². The summed E-state index contributed by atoms with van der Waals surface area (Å²) in [6.07, 6.45) is 0.834. The minimum Gasteiger partial charge on any atom is -0.493 e. The van der Waals surface area contributed by atoms with Gasteiger partial charge in [-0.1, -0.05) is 35.9 Å². The standard InChI is InChI=1S/C18H23NO2/c1-14-9-10-18(17(13-14)15(2)19)21-12-6-11-20-16-7-4-3-5-8-16/h3-5,7-10,13,15H,6,11-12,19H2,1-2H3/t15-/m1/s1. The minimum atomic E-state index is -0.0273. The molecule has 3 nitrogen and oxygen atoms in total. The summed E-state index contributed by atoms with van der Waals surface area (Å²) in [5.74, 6) is 1.76. The van der Waals surface area contributed by atoms with Crippen LogP contribution < -0.4 is 15.2 Å². The lowest BCUT2D eigenvalue weighted by Gasteiger charge is -2.15. The molecule has 0 heterocycles. The van der Waals surface area contributed by atoms with Gasteiger partial charge in [-0.2, -0.15) is 0 Å². The number of hydrogen-bond acceptors (Lipinski definition) is 3. The number of aryl methyl sites for hydroxylation is 1. The van der Waals surface area contributed by atoms with E-state index in [0.717, 1.165) is 23.5 Å². The molecule has 1 atom stereocenters. The molecule has 2 aromatic carbocycles. The van der Waals surface area contributed by atoms with Gasteiger partial charge in [0.15, 0.2) is 0 Å². The summed E-state index contributed by atoms with van der Waals surface area (Å²) in [6, 6.07) is 15.9. The SMILES string of the molecule is Cc1ccc(OCCCOc2ccccc2)c([C@@H](C)N)c1. The van der Waals surface area contributed by atoms with Gasteiger partial charge in [0, 0.05) is 18.0 Å². The fourth-order valence-electron chi connectivity index (χ4n) is 2.10. The van der Waals surface area contributed by atoms with Crippen LogP contribution >= 0.6 is 0 Å². The van der Waals surface area contributed by atoms with Gasteiger partial charge in [0.1, 0.15) is 11.5 Å². The van der Waals surface area contributed by atoms with E-state index in [1.54, 1.807) is 0 Å². The summed E-state index contributed by atoms with van der Waals surface area (Å²) in [7, 11) is 0. The van der Waals surface area contributed by atoms with Gasteiger partial charge in [-0.05, 0) is 32.0 Å². The zero-order valence-corrected chi connectivity index (χ0v) is 12.7. The highest BCUT2D eigenvalue weighted by molar-refractivity contribution is 5.38. The molecule has 2 N–H and O–H groups in total. The van der Waals surface area contributed by atoms with Gasteiger partial charge in [0.2, 0.25) is 0 Å². The van der Waals surface area contributed by atoms with E-state index in [1.165, 1.54) is 5.56 Å². The van der Waals surface area contributed by atoms with Gasteiger partial charge in [-0.15, -0.1) is 0 Å². The van der Waals surface area contributed by atoms with Crippen molar-refractivity contribution in [2.45, 2.75) is 26.3 Å². The van der Waals surface area contributed by atoms with Gasteiger partial charge in [0.05, 0.1) is 13.2 Å². The predicted octanol–water partition coefficient (Wildman–Crippen LogP) is 3.86. The molecule has 0 aromatic heterocycles. The lowest BCUT2D eigenvalue weighted by atomic mass is 10.1. The Labute approximate surface area is 126 Å². The summed E-state index contributed by atoms with van der Waals surface area (Å²) >= 11 is 0. The molecule has 0 unspecified atom stereocenters. The lowest BCUT2D eigenvalue weighted by molar-refractivity contribution is 0.245. The van der Waals surface area contributed by atoms with Crippen molar-refractivity contribution in [2.24, 2.45) is 5.73 Å². The first-order valence-electron chi connectivity index (χ1n) is 7.33. The molecule has 3 heteroatoms. The first-order chi connectivity index (χ1) is 10.2. The Hall–Kier alpha value is -2.00. The Kier molecular flexibility index (Phi) is 5.64. The monoisotopic (exact) mass is 285 g/mol. The summed E-state index contributed by atoms with van der Waals surface area (Å²) in [5.41, 5.74) is 8.24. The maximum absolute atomic E-state index is 5.99. The molecule has 0 radical (unpaired) electrons. The van der Waals surface area contributed by atoms with Crippen molar-refractivity contribution in [3.8, 4) is 11.5 Å². The molecule has 0 spiro atoms. The highest BCUT2D eigenvalue weighted by Gasteiger charge is 2.08. The van der Waals surface area contributed by atoms with Gasteiger partial charge in [-0.3, -0.25) is 0 Å². The van der Waals surface area contributed by atoms with Gasteiger partial charge >= 0.3 is 0 Å². The Balaban J connectivity index is 1.78. The molecule has 2 aromatic rings. The van der Waals surface area contributed by atoms with Crippen molar-refractivity contribution >= 4 is 0 Å². The van der Waals surface area contributed by atoms with Crippen LogP contribution in [0.4, 0.5) is 0 Å². The smallest absolute Gasteiger partial charge is 0.124 e. The minimum absolute atomic E-state index is 0.0273. The number of rotatable bonds is 7. The first-order valence-corrected chi connectivity index (χ1v) is 7.33. The number of para-hydroxylation sites is 1. The normalized spacial score (nSPS) is 12.0. The molecule has 0 bridgehead atoms. The average Bonchev–Trinajstić information content (AvgIpc) is 2.49. The van der Waals surface area contributed by atoms with E-state index in [4.69, 9.17) is 15.2 Å². The summed E-state index contributed by atoms with van der Waals surface area (Å²) < 4.78 is 11.5. The number of ether oxygens (including phenoxy) is 2. The van der Waals surface area contributed by atoms with Crippen LogP contribution in [0.2, 0.25) is 0 Å². The fraction of sp³-hybridized carbons (Fsp3) is 0.333. The molecule has 0 aliphatic rings. The van der Waals surface area contributed by atoms with Crippen molar-refractivity contribution in [1.82, 2.24) is 0 Å². The maximum Gasteiger partial charge on any atom is 0.124 e. The van der Waals surface area contributed by atoms with E-state index in [0.29, 0.717) is 13.2 Å². The Bertz CT molecular complexity index is 552. The quantitative estimate of drug-likeness (QED) is 0.786. The van der Waals surface area contributed by atoms with E-state index in [9.17, 15) is 0 Å². The number of benzene rings is 2. The molecular weight excluding hydrogens is 262 g/mol. The molecule has 112 valence electrons. The van der Waals surface area contributed by atoms with E-state index in [2.05, 4.69) is 13.0 Å². The van der Waals surface area contributed by atoms with Crippen molar-refractivity contribution in [1.29, 1.82) is 0 Å². The van der Waals surface area contributed by atoms with Crippen LogP contribution in [0, 0.1) is 6.92 Å². The molecule has 0 saturated carbocycles. The zero-order valence-electron chi connectivity index (χ0n) is 12.7. The van der Waals surface area contributed by atoms with Crippen LogP contribution in [-0.2, 0) is 0 Å². The summed E-state index contributed by atoms with van der Waals surface area (Å²) in [5, 5.41) is 0. The van der Waals surface area contributed by atoms with Crippen LogP contribution in [0.15, 0.2) is 48.5 Å². The molecular formula is C18H23NO2. The summed E-state index contributed by atoms with van der Waals surface area (Å²) in [6.45, 7) is 5.29. The second kappa shape index (κ2) is 7.70. The van der Waals surface area contributed by atoms with E-state index >= 15 is 0 Å². The molecule has 21 heavy (non-hydrogen) atoms. The van der Waals surface area contributed by atoms with Crippen LogP contribution in [-0.4, -0.2) is 13.2 Å². The third kappa shape index (κ3) is 4.80. The molecule has 0 saturated heterocycles. The van der Waals surface area contributed by atoms with Crippen molar-refractivity contribution in [2.75, 3.05) is 13.2 Å². The third-order valence-electron chi connectivity index (χ3n) is 3.21. The Morgan fingerprint density at radius 1 is 1.00 bits per heavy atom. The second-order valence-corrected chi connectivity index (χ2v) is 5.19. The van der Waals surface area contributed by atoms with Crippen LogP contribution in [0.3, 0.4) is 0 Å². The molecule has 0 aliphatic carbocycles. The predicted molar refractivity (Wildman–Crippen MR) is 85.8 cm³/mol. The molecule has 0 aliphatic heterocycles. The van der Waals surface area contributed by atoms with Crippen LogP contribution in [0.1, 0.15) is 30.5 Å². The summed E-state index contributed by atoms with van der Waals surface area (Å²) in [4.78, 5) is 0. The molecule has 0 fully saturated rings. The zero-order chi connectivity index (χ0) is 15.1. The molecule has 0 amide bonds. The maximum atomic E-state index is 5.99.